The summed E-state index contributed by atoms with van der Waals surface area (Å²) in [7, 11) is 0. The topological polar surface area (TPSA) is 68.2 Å². The summed E-state index contributed by atoms with van der Waals surface area (Å²) in [6, 6.07) is 79.6. The average Bonchev–Trinajstić information content (AvgIpc) is 2.39. The summed E-state index contributed by atoms with van der Waals surface area (Å²) in [5.74, 6) is 3.00. The number of nitrogens with zero attached hydrogens (tertiary/aromatic N) is 9. The zero-order chi connectivity index (χ0) is 53.9. The number of imidazole rings is 3. The van der Waals surface area contributed by atoms with E-state index in [1.165, 1.54) is 48.9 Å². The van der Waals surface area contributed by atoms with Gasteiger partial charge in [0.25, 0.3) is 0 Å². The molecule has 0 N–H and O–H groups in total. The Balaban J connectivity index is 1.04. The van der Waals surface area contributed by atoms with E-state index in [0.717, 1.165) is 140 Å². The minimum atomic E-state index is 0.771. The molecule has 0 aliphatic rings. The van der Waals surface area contributed by atoms with Crippen LogP contribution in [0.25, 0.3) is 133 Å². The van der Waals surface area contributed by atoms with Crippen molar-refractivity contribution in [2.45, 2.75) is 59.3 Å². The van der Waals surface area contributed by atoms with Crippen LogP contribution in [0.4, 0.5) is 0 Å². The fourth-order valence-electron chi connectivity index (χ4n) is 13.4. The largest absolute Gasteiger partial charge is 0.309 e. The lowest BCUT2D eigenvalue weighted by atomic mass is 10.1. The van der Waals surface area contributed by atoms with Gasteiger partial charge in [-0.25, -0.2) is 15.0 Å². The molecule has 0 atom stereocenters. The van der Waals surface area contributed by atoms with Gasteiger partial charge in [-0.1, -0.05) is 130 Å². The molecule has 0 aliphatic heterocycles. The van der Waals surface area contributed by atoms with Gasteiger partial charge in [-0.2, -0.15) is 0 Å². The SMILES string of the molecule is CCCc1nc2c(c3nc(CCC)n(-c4ccc5c(c4)c4ccccc4n5-c4ccccc4)c3c3nc(CCC)n(-c4ccc5c(c4)c4ccccc4n5-c4ccccc4)c23)n1-c1ccc2c(c1)c1ccccc1n2-c1ccccc1. The van der Waals surface area contributed by atoms with Crippen LogP contribution in [0.2, 0.25) is 0 Å². The molecule has 16 rings (SSSR count). The molecule has 10 aromatic carbocycles. The molecule has 390 valence electrons. The number of para-hydroxylation sites is 6. The molecule has 0 saturated carbocycles. The molecule has 9 nitrogen and oxygen atoms in total. The zero-order valence-corrected chi connectivity index (χ0v) is 45.6. The van der Waals surface area contributed by atoms with Crippen molar-refractivity contribution in [3.8, 4) is 34.1 Å². The van der Waals surface area contributed by atoms with Gasteiger partial charge in [-0.15, -0.1) is 0 Å². The van der Waals surface area contributed by atoms with E-state index in [1.54, 1.807) is 0 Å². The molecule has 16 aromatic rings. The zero-order valence-electron chi connectivity index (χ0n) is 45.6. The molecule has 9 heteroatoms. The van der Waals surface area contributed by atoms with Crippen molar-refractivity contribution in [3.05, 3.63) is 236 Å². The predicted octanol–water partition coefficient (Wildman–Crippen LogP) is 17.9. The minimum absolute atomic E-state index is 0.771. The number of rotatable bonds is 12. The van der Waals surface area contributed by atoms with Gasteiger partial charge in [-0.05, 0) is 128 Å². The Morgan fingerprint density at radius 2 is 0.506 bits per heavy atom. The number of aromatic nitrogens is 9. The first kappa shape index (κ1) is 47.0. The average molecular weight is 1050 g/mol. The summed E-state index contributed by atoms with van der Waals surface area (Å²) in [5, 5.41) is 7.18. The summed E-state index contributed by atoms with van der Waals surface area (Å²) in [5.41, 5.74) is 19.3. The van der Waals surface area contributed by atoms with Gasteiger partial charge in [0, 0.05) is 85.7 Å². The van der Waals surface area contributed by atoms with E-state index >= 15 is 0 Å². The third-order valence-corrected chi connectivity index (χ3v) is 16.7. The lowest BCUT2D eigenvalue weighted by molar-refractivity contribution is 0.816. The van der Waals surface area contributed by atoms with Crippen LogP contribution in [-0.4, -0.2) is 42.4 Å². The summed E-state index contributed by atoms with van der Waals surface area (Å²) in [6.45, 7) is 6.78. The van der Waals surface area contributed by atoms with Gasteiger partial charge < -0.3 is 13.7 Å². The van der Waals surface area contributed by atoms with Crippen LogP contribution in [0.1, 0.15) is 57.5 Å². The monoisotopic (exact) mass is 1050 g/mol. The van der Waals surface area contributed by atoms with Crippen LogP contribution >= 0.6 is 0 Å². The van der Waals surface area contributed by atoms with Gasteiger partial charge in [0.05, 0.1) is 33.1 Å². The minimum Gasteiger partial charge on any atom is -0.309 e. The van der Waals surface area contributed by atoms with E-state index in [1.807, 2.05) is 0 Å². The smallest absolute Gasteiger partial charge is 0.118 e. The first-order valence-corrected chi connectivity index (χ1v) is 28.7. The van der Waals surface area contributed by atoms with Crippen molar-refractivity contribution in [1.29, 1.82) is 0 Å². The second kappa shape index (κ2) is 18.6. The van der Waals surface area contributed by atoms with Crippen molar-refractivity contribution in [3.63, 3.8) is 0 Å². The van der Waals surface area contributed by atoms with E-state index in [0.29, 0.717) is 0 Å². The standard InChI is InChI=1S/C72H57N9/c1-4-22-64-73-67-70(79(64)49-37-40-61-55(43-49)52-31-16-19-34-58(52)76(61)46-25-10-7-11-26-46)68-72(81(65(74-68)23-5-2)51-39-42-63-57(45-51)54-33-18-21-36-60(54)78(63)48-29-14-9-15-30-48)69-71(67)80(66(75-69)24-6-3)50-38-41-62-56(44-50)53-32-17-20-35-59(53)77(62)47-27-12-8-13-28-47/h7-21,25-45H,4-6,22-24H2,1-3H3. The maximum absolute atomic E-state index is 5.87. The highest BCUT2D eigenvalue weighted by atomic mass is 15.2. The van der Waals surface area contributed by atoms with E-state index in [-0.39, 0.29) is 0 Å². The van der Waals surface area contributed by atoms with E-state index < -0.39 is 0 Å². The highest BCUT2D eigenvalue weighted by Gasteiger charge is 2.30. The maximum atomic E-state index is 5.87. The van der Waals surface area contributed by atoms with Crippen molar-refractivity contribution < 1.29 is 0 Å². The van der Waals surface area contributed by atoms with Gasteiger partial charge >= 0.3 is 0 Å². The first-order valence-electron chi connectivity index (χ1n) is 28.7. The third kappa shape index (κ3) is 7.00. The molecule has 81 heavy (non-hydrogen) atoms. The van der Waals surface area contributed by atoms with Crippen LogP contribution in [0, 0.1) is 0 Å². The summed E-state index contributed by atoms with van der Waals surface area (Å²) >= 11 is 0. The Morgan fingerprint density at radius 1 is 0.247 bits per heavy atom. The Morgan fingerprint density at radius 3 is 0.790 bits per heavy atom. The highest BCUT2D eigenvalue weighted by Crippen LogP contribution is 2.44. The molecule has 0 radical (unpaired) electrons. The molecule has 0 unspecified atom stereocenters. The van der Waals surface area contributed by atoms with Crippen molar-refractivity contribution in [2.75, 3.05) is 0 Å². The molecule has 0 fully saturated rings. The van der Waals surface area contributed by atoms with Crippen LogP contribution in [-0.2, 0) is 19.3 Å². The van der Waals surface area contributed by atoms with E-state index in [2.05, 4.69) is 267 Å². The number of benzene rings is 10. The Hall–Kier alpha value is -9.99. The van der Waals surface area contributed by atoms with Gasteiger partial charge in [0.1, 0.15) is 50.6 Å². The molecule has 0 saturated heterocycles. The second-order valence-electron chi connectivity index (χ2n) is 21.6. The fourth-order valence-corrected chi connectivity index (χ4v) is 13.4. The lowest BCUT2D eigenvalue weighted by Crippen LogP contribution is -2.03. The molecule has 6 aromatic heterocycles. The quantitative estimate of drug-likeness (QED) is 0.122. The Bertz CT molecular complexity index is 4600. The second-order valence-corrected chi connectivity index (χ2v) is 21.6. The highest BCUT2D eigenvalue weighted by molar-refractivity contribution is 6.21. The summed E-state index contributed by atoms with van der Waals surface area (Å²) in [6.07, 6.45) is 5.06. The van der Waals surface area contributed by atoms with Crippen LogP contribution in [0.3, 0.4) is 0 Å². The fraction of sp³-hybridized carbons (Fsp3) is 0.125. The predicted molar refractivity (Wildman–Crippen MR) is 335 cm³/mol. The normalized spacial score (nSPS) is 12.2. The van der Waals surface area contributed by atoms with Crippen molar-refractivity contribution in [2.24, 2.45) is 0 Å². The molecule has 0 bridgehead atoms. The first-order chi connectivity index (χ1) is 40.1. The van der Waals surface area contributed by atoms with Gasteiger partial charge in [-0.3, -0.25) is 13.7 Å². The molecule has 0 spiro atoms. The molecule has 6 heterocycles. The number of fused-ring (bicyclic) bond motifs is 15. The summed E-state index contributed by atoms with van der Waals surface area (Å²) < 4.78 is 14.5. The van der Waals surface area contributed by atoms with Crippen LogP contribution in [0.15, 0.2) is 218 Å². The number of hydrogen-bond acceptors (Lipinski definition) is 3. The Labute approximate surface area is 467 Å². The third-order valence-electron chi connectivity index (χ3n) is 16.7. The lowest BCUT2D eigenvalue weighted by Gasteiger charge is -2.13. The van der Waals surface area contributed by atoms with Crippen LogP contribution in [0.5, 0.6) is 0 Å². The molecule has 0 aliphatic carbocycles. The Kier molecular flexibility index (Phi) is 10.8. The number of aryl methyl sites for hydroxylation is 3. The molecular formula is C72H57N9. The molecular weight excluding hydrogens is 991 g/mol. The van der Waals surface area contributed by atoms with E-state index in [4.69, 9.17) is 15.0 Å². The number of hydrogen-bond donors (Lipinski definition) is 0. The van der Waals surface area contributed by atoms with E-state index in [9.17, 15) is 0 Å². The van der Waals surface area contributed by atoms with Crippen LogP contribution < -0.4 is 0 Å². The van der Waals surface area contributed by atoms with Crippen molar-refractivity contribution in [1.82, 2.24) is 42.4 Å². The summed E-state index contributed by atoms with van der Waals surface area (Å²) in [4.78, 5) is 17.6. The van der Waals surface area contributed by atoms with Gasteiger partial charge in [0.2, 0.25) is 0 Å². The maximum Gasteiger partial charge on any atom is 0.118 e. The van der Waals surface area contributed by atoms with Crippen molar-refractivity contribution >= 4 is 98.5 Å². The molecule has 0 amide bonds. The van der Waals surface area contributed by atoms with Gasteiger partial charge in [0.15, 0.2) is 0 Å².